The Hall–Kier alpha value is -0.200. The van der Waals surface area contributed by atoms with E-state index in [2.05, 4.69) is 50.9 Å². The molecule has 1 nitrogen and oxygen atoms in total. The van der Waals surface area contributed by atoms with E-state index < -0.39 is 0 Å². The van der Waals surface area contributed by atoms with Crippen molar-refractivity contribution in [2.45, 2.75) is 12.5 Å². The third-order valence-corrected chi connectivity index (χ3v) is 6.74. The molecule has 0 bridgehead atoms. The second kappa shape index (κ2) is 5.43. The van der Waals surface area contributed by atoms with Crippen molar-refractivity contribution < 1.29 is 0 Å². The van der Waals surface area contributed by atoms with Crippen molar-refractivity contribution in [1.29, 1.82) is 0 Å². The van der Waals surface area contributed by atoms with Gasteiger partial charge >= 0.3 is 0 Å². The van der Waals surface area contributed by atoms with Crippen molar-refractivity contribution in [1.82, 2.24) is 5.32 Å². The summed E-state index contributed by atoms with van der Waals surface area (Å²) in [4.78, 5) is 2.85. The van der Waals surface area contributed by atoms with E-state index in [4.69, 9.17) is 0 Å². The van der Waals surface area contributed by atoms with Gasteiger partial charge in [0.15, 0.2) is 0 Å². The Labute approximate surface area is 127 Å². The Kier molecular flexibility index (Phi) is 3.86. The van der Waals surface area contributed by atoms with Gasteiger partial charge in [-0.05, 0) is 52.6 Å². The van der Waals surface area contributed by atoms with Crippen LogP contribution in [0.25, 0.3) is 9.40 Å². The molecule has 5 heteroatoms. The third-order valence-electron chi connectivity index (χ3n) is 2.88. The summed E-state index contributed by atoms with van der Waals surface area (Å²) in [6.07, 6.45) is 1.06. The number of hydrogen-bond donors (Lipinski definition) is 1. The maximum atomic E-state index is 3.52. The number of fused-ring (bicyclic) bond motifs is 1. The zero-order chi connectivity index (χ0) is 12.5. The molecule has 0 aliphatic rings. The average molecular weight is 358 g/mol. The highest BCUT2D eigenvalue weighted by Crippen LogP contribution is 2.35. The first-order valence-electron chi connectivity index (χ1n) is 5.64. The van der Waals surface area contributed by atoms with Crippen LogP contribution < -0.4 is 5.32 Å². The number of hydrogen-bond acceptors (Lipinski definition) is 4. The molecule has 0 saturated heterocycles. The van der Waals surface area contributed by atoms with Gasteiger partial charge in [0.05, 0.1) is 3.79 Å². The summed E-state index contributed by atoms with van der Waals surface area (Å²) in [6, 6.07) is 9.28. The number of rotatable bonds is 4. The highest BCUT2D eigenvalue weighted by Gasteiger charge is 2.14. The molecule has 0 aliphatic heterocycles. The second-order valence-corrected chi connectivity index (χ2v) is 8.66. The molecule has 0 spiro atoms. The van der Waals surface area contributed by atoms with Crippen LogP contribution >= 0.6 is 49.9 Å². The smallest absolute Gasteiger partial charge is 0.0701 e. The zero-order valence-corrected chi connectivity index (χ0v) is 13.8. The normalized spacial score (nSPS) is 13.2. The van der Waals surface area contributed by atoms with E-state index >= 15 is 0 Å². The van der Waals surface area contributed by atoms with Gasteiger partial charge in [0.2, 0.25) is 0 Å². The van der Waals surface area contributed by atoms with E-state index in [-0.39, 0.29) is 0 Å². The second-order valence-electron chi connectivity index (χ2n) is 4.05. The van der Waals surface area contributed by atoms with Crippen LogP contribution in [-0.4, -0.2) is 7.05 Å². The molecular formula is C13H12BrNS3. The van der Waals surface area contributed by atoms with Crippen molar-refractivity contribution in [2.24, 2.45) is 0 Å². The van der Waals surface area contributed by atoms with Crippen LogP contribution in [-0.2, 0) is 6.42 Å². The van der Waals surface area contributed by atoms with E-state index in [1.54, 1.807) is 0 Å². The minimum atomic E-state index is 0.417. The first kappa shape index (κ1) is 12.8. The molecule has 94 valence electrons. The van der Waals surface area contributed by atoms with Gasteiger partial charge in [-0.2, -0.15) is 0 Å². The molecule has 3 aromatic rings. The van der Waals surface area contributed by atoms with Crippen molar-refractivity contribution in [3.63, 3.8) is 0 Å². The van der Waals surface area contributed by atoms with Gasteiger partial charge in [0.1, 0.15) is 0 Å². The molecule has 0 amide bonds. The minimum absolute atomic E-state index is 0.417. The van der Waals surface area contributed by atoms with Crippen molar-refractivity contribution >= 4 is 59.3 Å². The molecule has 0 fully saturated rings. The molecule has 1 atom stereocenters. The Morgan fingerprint density at radius 1 is 1.22 bits per heavy atom. The maximum Gasteiger partial charge on any atom is 0.0701 e. The molecule has 0 saturated carbocycles. The molecule has 3 heterocycles. The average Bonchev–Trinajstić information content (AvgIpc) is 3.00. The van der Waals surface area contributed by atoms with Gasteiger partial charge in [-0.1, -0.05) is 0 Å². The fourth-order valence-electron chi connectivity index (χ4n) is 1.96. The van der Waals surface area contributed by atoms with Gasteiger partial charge in [0, 0.05) is 31.6 Å². The number of likely N-dealkylation sites (N-methyl/N-ethyl adjacent to an activating group) is 1. The van der Waals surface area contributed by atoms with Gasteiger partial charge in [0.25, 0.3) is 0 Å². The minimum Gasteiger partial charge on any atom is -0.312 e. The van der Waals surface area contributed by atoms with Gasteiger partial charge in [-0.15, -0.1) is 34.0 Å². The topological polar surface area (TPSA) is 12.0 Å². The first-order valence-corrected chi connectivity index (χ1v) is 8.95. The largest absolute Gasteiger partial charge is 0.312 e. The zero-order valence-electron chi connectivity index (χ0n) is 9.77. The molecule has 0 radical (unpaired) electrons. The lowest BCUT2D eigenvalue weighted by atomic mass is 10.1. The molecular weight excluding hydrogens is 346 g/mol. The lowest BCUT2D eigenvalue weighted by molar-refractivity contribution is 0.607. The van der Waals surface area contributed by atoms with Crippen LogP contribution in [0.1, 0.15) is 15.8 Å². The summed E-state index contributed by atoms with van der Waals surface area (Å²) in [5, 5.41) is 5.60. The maximum absolute atomic E-state index is 3.52. The quantitative estimate of drug-likeness (QED) is 0.668. The summed E-state index contributed by atoms with van der Waals surface area (Å²) < 4.78 is 4.02. The van der Waals surface area contributed by atoms with Crippen LogP contribution in [0.15, 0.2) is 33.4 Å². The Morgan fingerprint density at radius 2 is 2.11 bits per heavy atom. The predicted molar refractivity (Wildman–Crippen MR) is 87.2 cm³/mol. The summed E-state index contributed by atoms with van der Waals surface area (Å²) in [5.41, 5.74) is 0. The van der Waals surface area contributed by atoms with Crippen LogP contribution in [0.2, 0.25) is 0 Å². The Bertz CT molecular complexity index is 623. The molecule has 0 aromatic carbocycles. The van der Waals surface area contributed by atoms with Crippen molar-refractivity contribution in [3.05, 3.63) is 43.2 Å². The van der Waals surface area contributed by atoms with Crippen LogP contribution in [0.4, 0.5) is 0 Å². The van der Waals surface area contributed by atoms with Gasteiger partial charge < -0.3 is 5.32 Å². The molecule has 3 rings (SSSR count). The number of halogens is 1. The molecule has 1 unspecified atom stereocenters. The van der Waals surface area contributed by atoms with Gasteiger partial charge in [-0.25, -0.2) is 0 Å². The number of nitrogens with one attached hydrogen (secondary N) is 1. The Morgan fingerprint density at radius 3 is 2.78 bits per heavy atom. The number of thiophene rings is 3. The lowest BCUT2D eigenvalue weighted by Crippen LogP contribution is -2.17. The highest BCUT2D eigenvalue weighted by molar-refractivity contribution is 9.11. The third kappa shape index (κ3) is 2.56. The van der Waals surface area contributed by atoms with Crippen LogP contribution in [0.3, 0.4) is 0 Å². The monoisotopic (exact) mass is 357 g/mol. The van der Waals surface area contributed by atoms with E-state index in [0.717, 1.165) is 6.42 Å². The summed E-state index contributed by atoms with van der Waals surface area (Å²) in [5.74, 6) is 0. The van der Waals surface area contributed by atoms with E-state index in [0.29, 0.717) is 6.04 Å². The van der Waals surface area contributed by atoms with Crippen LogP contribution in [0.5, 0.6) is 0 Å². The van der Waals surface area contributed by atoms with Crippen LogP contribution in [0, 0.1) is 0 Å². The fraction of sp³-hybridized carbons (Fsp3) is 0.231. The standard InChI is InChI=1S/C13H12BrNS3/c1-15-9(6-8-2-3-13(14)17-8)11-7-12-10(18-11)4-5-16-12/h2-5,7,9,15H,6H2,1H3. The molecule has 18 heavy (non-hydrogen) atoms. The van der Waals surface area contributed by atoms with E-state index in [1.807, 2.05) is 41.1 Å². The SMILES string of the molecule is CNC(Cc1ccc(Br)s1)c1cc2sccc2s1. The van der Waals surface area contributed by atoms with Gasteiger partial charge in [-0.3, -0.25) is 0 Å². The summed E-state index contributed by atoms with van der Waals surface area (Å²) in [6.45, 7) is 0. The molecule has 0 aliphatic carbocycles. The molecule has 1 N–H and O–H groups in total. The van der Waals surface area contributed by atoms with Crippen molar-refractivity contribution in [2.75, 3.05) is 7.05 Å². The van der Waals surface area contributed by atoms with Crippen molar-refractivity contribution in [3.8, 4) is 0 Å². The first-order chi connectivity index (χ1) is 8.76. The Balaban J connectivity index is 1.85. The summed E-state index contributed by atoms with van der Waals surface area (Å²) in [7, 11) is 2.04. The highest BCUT2D eigenvalue weighted by atomic mass is 79.9. The van der Waals surface area contributed by atoms with E-state index in [1.165, 1.54) is 22.9 Å². The van der Waals surface area contributed by atoms with E-state index in [9.17, 15) is 0 Å². The molecule has 3 aromatic heterocycles. The predicted octanol–water partition coefficient (Wildman–Crippen LogP) is 5.29. The summed E-state index contributed by atoms with van der Waals surface area (Å²) >= 11 is 9.07. The lowest BCUT2D eigenvalue weighted by Gasteiger charge is -2.12. The fourth-order valence-corrected chi connectivity index (χ4v) is 5.72.